The summed E-state index contributed by atoms with van der Waals surface area (Å²) >= 11 is 0. The quantitative estimate of drug-likeness (QED) is 0.773. The summed E-state index contributed by atoms with van der Waals surface area (Å²) in [4.78, 5) is 4.67. The minimum Gasteiger partial charge on any atom is -0.423 e. The van der Waals surface area contributed by atoms with E-state index in [0.717, 1.165) is 44.1 Å². The second kappa shape index (κ2) is 7.36. The van der Waals surface area contributed by atoms with Crippen LogP contribution in [0.1, 0.15) is 25.3 Å². The lowest BCUT2D eigenvalue weighted by Gasteiger charge is -2.36. The molecule has 1 saturated heterocycles. The molecule has 2 N–H and O–H groups in total. The van der Waals surface area contributed by atoms with Gasteiger partial charge in [-0.05, 0) is 62.7 Å². The molecule has 0 aromatic heterocycles. The standard InChI is InChI=1S/C15H24BFN2O2/c1-3-19-6-4-15(5-7-19)18(2)11-12-8-13(16(20)21)10-14(17)9-12/h8-10,15,20-21H,3-7,11H2,1-2H3. The Bertz CT molecular complexity index is 465. The van der Waals surface area contributed by atoms with Gasteiger partial charge in [0.25, 0.3) is 0 Å². The molecule has 0 saturated carbocycles. The number of hydrogen-bond donors (Lipinski definition) is 2. The molecule has 0 spiro atoms. The first-order valence-corrected chi connectivity index (χ1v) is 7.57. The number of likely N-dealkylation sites (tertiary alicyclic amines) is 1. The van der Waals surface area contributed by atoms with E-state index in [9.17, 15) is 14.4 Å². The molecule has 0 unspecified atom stereocenters. The van der Waals surface area contributed by atoms with Gasteiger partial charge in [-0.1, -0.05) is 13.0 Å². The maximum Gasteiger partial charge on any atom is 0.488 e. The first kappa shape index (κ1) is 16.4. The van der Waals surface area contributed by atoms with E-state index < -0.39 is 12.9 Å². The summed E-state index contributed by atoms with van der Waals surface area (Å²) < 4.78 is 13.5. The molecule has 1 aromatic carbocycles. The highest BCUT2D eigenvalue weighted by molar-refractivity contribution is 6.58. The second-order valence-corrected chi connectivity index (χ2v) is 5.85. The summed E-state index contributed by atoms with van der Waals surface area (Å²) in [6, 6.07) is 4.78. The number of nitrogens with zero attached hydrogens (tertiary/aromatic N) is 2. The molecule has 0 atom stereocenters. The average Bonchev–Trinajstić information content (AvgIpc) is 2.46. The third-order valence-electron chi connectivity index (χ3n) is 4.34. The van der Waals surface area contributed by atoms with Gasteiger partial charge in [0, 0.05) is 12.6 Å². The first-order valence-electron chi connectivity index (χ1n) is 7.57. The Morgan fingerprint density at radius 2 is 1.95 bits per heavy atom. The van der Waals surface area contributed by atoms with Crippen LogP contribution >= 0.6 is 0 Å². The highest BCUT2D eigenvalue weighted by atomic mass is 19.1. The summed E-state index contributed by atoms with van der Waals surface area (Å²) in [7, 11) is 0.421. The lowest BCUT2D eigenvalue weighted by atomic mass is 9.79. The Morgan fingerprint density at radius 3 is 2.52 bits per heavy atom. The van der Waals surface area contributed by atoms with E-state index in [1.165, 1.54) is 6.07 Å². The fourth-order valence-corrected chi connectivity index (χ4v) is 3.01. The Kier molecular flexibility index (Phi) is 5.76. The van der Waals surface area contributed by atoms with Crippen LogP contribution in [0, 0.1) is 5.82 Å². The van der Waals surface area contributed by atoms with Gasteiger partial charge in [-0.2, -0.15) is 0 Å². The minimum atomic E-state index is -1.63. The Hall–Kier alpha value is -0.945. The zero-order valence-electron chi connectivity index (χ0n) is 12.8. The fourth-order valence-electron chi connectivity index (χ4n) is 3.01. The van der Waals surface area contributed by atoms with Crippen LogP contribution in [0.4, 0.5) is 4.39 Å². The van der Waals surface area contributed by atoms with Gasteiger partial charge in [-0.15, -0.1) is 0 Å². The van der Waals surface area contributed by atoms with E-state index in [2.05, 4.69) is 16.7 Å². The second-order valence-electron chi connectivity index (χ2n) is 5.85. The van der Waals surface area contributed by atoms with Crippen molar-refractivity contribution in [2.45, 2.75) is 32.4 Å². The van der Waals surface area contributed by atoms with Crippen molar-refractivity contribution < 1.29 is 14.4 Å². The molecule has 4 nitrogen and oxygen atoms in total. The van der Waals surface area contributed by atoms with E-state index in [1.54, 1.807) is 6.07 Å². The summed E-state index contributed by atoms with van der Waals surface area (Å²) in [6.07, 6.45) is 2.24. The molecule has 0 amide bonds. The van der Waals surface area contributed by atoms with Crippen LogP contribution in [0.2, 0.25) is 0 Å². The third kappa shape index (κ3) is 4.51. The van der Waals surface area contributed by atoms with E-state index in [1.807, 2.05) is 7.05 Å². The molecule has 0 radical (unpaired) electrons. The molecule has 1 aliphatic rings. The van der Waals surface area contributed by atoms with Gasteiger partial charge in [0.05, 0.1) is 0 Å². The molecule has 1 heterocycles. The molecule has 116 valence electrons. The van der Waals surface area contributed by atoms with Crippen LogP contribution in [0.3, 0.4) is 0 Å². The van der Waals surface area contributed by atoms with Crippen molar-refractivity contribution in [1.82, 2.24) is 9.80 Å². The van der Waals surface area contributed by atoms with E-state index >= 15 is 0 Å². The van der Waals surface area contributed by atoms with Crippen LogP contribution in [0.25, 0.3) is 0 Å². The predicted octanol–water partition coefficient (Wildman–Crippen LogP) is 0.422. The third-order valence-corrected chi connectivity index (χ3v) is 4.34. The summed E-state index contributed by atoms with van der Waals surface area (Å²) in [5.41, 5.74) is 0.984. The van der Waals surface area contributed by atoms with Crippen molar-refractivity contribution in [2.75, 3.05) is 26.7 Å². The number of piperidine rings is 1. The molecule has 0 bridgehead atoms. The van der Waals surface area contributed by atoms with Crippen molar-refractivity contribution in [1.29, 1.82) is 0 Å². The van der Waals surface area contributed by atoms with Gasteiger partial charge >= 0.3 is 7.12 Å². The van der Waals surface area contributed by atoms with Crippen molar-refractivity contribution in [3.05, 3.63) is 29.6 Å². The van der Waals surface area contributed by atoms with Gasteiger partial charge in [0.15, 0.2) is 0 Å². The van der Waals surface area contributed by atoms with Crippen molar-refractivity contribution >= 4 is 12.6 Å². The van der Waals surface area contributed by atoms with Gasteiger partial charge in [0.1, 0.15) is 5.82 Å². The summed E-state index contributed by atoms with van der Waals surface area (Å²) in [5.74, 6) is -0.426. The summed E-state index contributed by atoms with van der Waals surface area (Å²) in [5, 5.41) is 18.4. The molecule has 6 heteroatoms. The lowest BCUT2D eigenvalue weighted by molar-refractivity contribution is 0.127. The van der Waals surface area contributed by atoms with Gasteiger partial charge in [-0.3, -0.25) is 4.90 Å². The van der Waals surface area contributed by atoms with E-state index in [0.29, 0.717) is 12.6 Å². The monoisotopic (exact) mass is 294 g/mol. The van der Waals surface area contributed by atoms with Crippen LogP contribution in [0.5, 0.6) is 0 Å². The van der Waals surface area contributed by atoms with E-state index in [4.69, 9.17) is 0 Å². The van der Waals surface area contributed by atoms with Crippen molar-refractivity contribution in [3.8, 4) is 0 Å². The van der Waals surface area contributed by atoms with E-state index in [-0.39, 0.29) is 5.46 Å². The predicted molar refractivity (Wildman–Crippen MR) is 82.8 cm³/mol. The molecular weight excluding hydrogens is 270 g/mol. The smallest absolute Gasteiger partial charge is 0.423 e. The topological polar surface area (TPSA) is 46.9 Å². The van der Waals surface area contributed by atoms with Crippen LogP contribution in [-0.2, 0) is 6.54 Å². The SMILES string of the molecule is CCN1CCC(N(C)Cc2cc(F)cc(B(O)O)c2)CC1. The Balaban J connectivity index is 1.98. The average molecular weight is 294 g/mol. The number of hydrogen-bond acceptors (Lipinski definition) is 4. The normalized spacial score (nSPS) is 17.4. The maximum atomic E-state index is 13.5. The molecule has 1 aliphatic heterocycles. The van der Waals surface area contributed by atoms with Crippen LogP contribution in [-0.4, -0.2) is 59.7 Å². The van der Waals surface area contributed by atoms with Crippen LogP contribution in [0.15, 0.2) is 18.2 Å². The van der Waals surface area contributed by atoms with Crippen molar-refractivity contribution in [2.24, 2.45) is 0 Å². The highest BCUT2D eigenvalue weighted by Gasteiger charge is 2.22. The first-order chi connectivity index (χ1) is 9.99. The molecule has 2 rings (SSSR count). The zero-order chi connectivity index (χ0) is 15.4. The molecular formula is C15H24BFN2O2. The lowest BCUT2D eigenvalue weighted by Crippen LogP contribution is -2.43. The fraction of sp³-hybridized carbons (Fsp3) is 0.600. The van der Waals surface area contributed by atoms with Gasteiger partial charge < -0.3 is 14.9 Å². The number of rotatable bonds is 5. The molecule has 0 aliphatic carbocycles. The van der Waals surface area contributed by atoms with Gasteiger partial charge in [-0.25, -0.2) is 4.39 Å². The Labute approximate surface area is 126 Å². The highest BCUT2D eigenvalue weighted by Crippen LogP contribution is 2.17. The maximum absolute atomic E-state index is 13.5. The number of halogens is 1. The molecule has 1 fully saturated rings. The Morgan fingerprint density at radius 1 is 1.29 bits per heavy atom. The number of benzene rings is 1. The zero-order valence-corrected chi connectivity index (χ0v) is 12.8. The molecule has 21 heavy (non-hydrogen) atoms. The largest absolute Gasteiger partial charge is 0.488 e. The van der Waals surface area contributed by atoms with Gasteiger partial charge in [0.2, 0.25) is 0 Å². The molecule has 1 aromatic rings. The van der Waals surface area contributed by atoms with Crippen LogP contribution < -0.4 is 5.46 Å². The van der Waals surface area contributed by atoms with Crippen molar-refractivity contribution in [3.63, 3.8) is 0 Å². The summed E-state index contributed by atoms with van der Waals surface area (Å²) in [6.45, 7) is 6.11. The minimum absolute atomic E-state index is 0.208.